The normalized spacial score (nSPS) is 19.8. The molecule has 1 aliphatic heterocycles. The SMILES string of the molecule is CCOC1C=CC(=CC#Cc2ccccc2)O1. The maximum absolute atomic E-state index is 5.47. The van der Waals surface area contributed by atoms with Crippen LogP contribution in [0.15, 0.2) is 54.3 Å². The van der Waals surface area contributed by atoms with Crippen LogP contribution >= 0.6 is 0 Å². The summed E-state index contributed by atoms with van der Waals surface area (Å²) >= 11 is 0. The van der Waals surface area contributed by atoms with Crippen LogP contribution in [0.5, 0.6) is 0 Å². The summed E-state index contributed by atoms with van der Waals surface area (Å²) in [6.45, 7) is 2.58. The van der Waals surface area contributed by atoms with E-state index in [0.29, 0.717) is 6.61 Å². The third-order valence-corrected chi connectivity index (χ3v) is 2.21. The van der Waals surface area contributed by atoms with E-state index in [1.165, 1.54) is 0 Å². The maximum Gasteiger partial charge on any atom is 0.220 e. The van der Waals surface area contributed by atoms with Crippen molar-refractivity contribution >= 4 is 0 Å². The largest absolute Gasteiger partial charge is 0.461 e. The number of allylic oxidation sites excluding steroid dienone is 2. The molecule has 0 amide bonds. The first-order valence-electron chi connectivity index (χ1n) is 5.61. The molecule has 0 saturated carbocycles. The van der Waals surface area contributed by atoms with Gasteiger partial charge in [0.15, 0.2) is 0 Å². The van der Waals surface area contributed by atoms with Gasteiger partial charge in [-0.1, -0.05) is 30.0 Å². The average Bonchev–Trinajstić information content (AvgIpc) is 2.79. The zero-order valence-electron chi connectivity index (χ0n) is 9.72. The summed E-state index contributed by atoms with van der Waals surface area (Å²) in [4.78, 5) is 0. The smallest absolute Gasteiger partial charge is 0.220 e. The first-order chi connectivity index (χ1) is 8.38. The second-order valence-electron chi connectivity index (χ2n) is 3.48. The van der Waals surface area contributed by atoms with Gasteiger partial charge in [0.05, 0.1) is 0 Å². The molecule has 0 spiro atoms. The molecule has 0 saturated heterocycles. The summed E-state index contributed by atoms with van der Waals surface area (Å²) in [5, 5.41) is 0. The van der Waals surface area contributed by atoms with Gasteiger partial charge in [-0.2, -0.15) is 0 Å². The zero-order valence-corrected chi connectivity index (χ0v) is 9.72. The minimum Gasteiger partial charge on any atom is -0.461 e. The van der Waals surface area contributed by atoms with E-state index in [9.17, 15) is 0 Å². The lowest BCUT2D eigenvalue weighted by atomic mass is 10.2. The molecular formula is C15H14O2. The third kappa shape index (κ3) is 3.51. The molecule has 2 nitrogen and oxygen atoms in total. The van der Waals surface area contributed by atoms with E-state index in [4.69, 9.17) is 9.47 Å². The van der Waals surface area contributed by atoms with Gasteiger partial charge in [0.1, 0.15) is 5.76 Å². The lowest BCUT2D eigenvalue weighted by Gasteiger charge is -2.08. The van der Waals surface area contributed by atoms with Crippen LogP contribution in [0.3, 0.4) is 0 Å². The summed E-state index contributed by atoms with van der Waals surface area (Å²) < 4.78 is 10.8. The molecule has 0 radical (unpaired) electrons. The predicted molar refractivity (Wildman–Crippen MR) is 67.0 cm³/mol. The Labute approximate surface area is 102 Å². The van der Waals surface area contributed by atoms with Crippen LogP contribution in [0.25, 0.3) is 0 Å². The van der Waals surface area contributed by atoms with E-state index in [1.54, 1.807) is 6.08 Å². The second kappa shape index (κ2) is 5.93. The van der Waals surface area contributed by atoms with Crippen molar-refractivity contribution in [2.75, 3.05) is 6.61 Å². The van der Waals surface area contributed by atoms with Gasteiger partial charge in [-0.3, -0.25) is 0 Å². The molecule has 1 heterocycles. The summed E-state index contributed by atoms with van der Waals surface area (Å²) in [5.74, 6) is 6.74. The Morgan fingerprint density at radius 2 is 2.18 bits per heavy atom. The highest BCUT2D eigenvalue weighted by atomic mass is 16.7. The van der Waals surface area contributed by atoms with E-state index in [-0.39, 0.29) is 6.29 Å². The Bertz CT molecular complexity index is 475. The highest BCUT2D eigenvalue weighted by molar-refractivity contribution is 5.38. The van der Waals surface area contributed by atoms with Crippen molar-refractivity contribution in [3.8, 4) is 11.8 Å². The van der Waals surface area contributed by atoms with Crippen LogP contribution in [0.4, 0.5) is 0 Å². The number of hydrogen-bond donors (Lipinski definition) is 0. The van der Waals surface area contributed by atoms with Crippen molar-refractivity contribution < 1.29 is 9.47 Å². The quantitative estimate of drug-likeness (QED) is 0.722. The van der Waals surface area contributed by atoms with E-state index in [2.05, 4.69) is 11.8 Å². The Morgan fingerprint density at radius 1 is 1.35 bits per heavy atom. The molecule has 1 aliphatic rings. The molecule has 0 bridgehead atoms. The van der Waals surface area contributed by atoms with Crippen molar-refractivity contribution in [3.05, 3.63) is 59.9 Å². The van der Waals surface area contributed by atoms with Crippen molar-refractivity contribution in [3.63, 3.8) is 0 Å². The molecule has 86 valence electrons. The van der Waals surface area contributed by atoms with Crippen LogP contribution in [-0.2, 0) is 9.47 Å². The van der Waals surface area contributed by atoms with Gasteiger partial charge in [-0.25, -0.2) is 0 Å². The second-order valence-corrected chi connectivity index (χ2v) is 3.48. The van der Waals surface area contributed by atoms with Gasteiger partial charge in [0, 0.05) is 18.2 Å². The van der Waals surface area contributed by atoms with E-state index < -0.39 is 0 Å². The van der Waals surface area contributed by atoms with E-state index in [1.807, 2.05) is 49.4 Å². The van der Waals surface area contributed by atoms with Crippen molar-refractivity contribution in [2.24, 2.45) is 0 Å². The van der Waals surface area contributed by atoms with Gasteiger partial charge >= 0.3 is 0 Å². The van der Waals surface area contributed by atoms with Gasteiger partial charge < -0.3 is 9.47 Å². The minimum atomic E-state index is -0.259. The van der Waals surface area contributed by atoms with Crippen molar-refractivity contribution in [1.29, 1.82) is 0 Å². The molecule has 0 N–H and O–H groups in total. The Hall–Kier alpha value is -1.98. The minimum absolute atomic E-state index is 0.259. The van der Waals surface area contributed by atoms with Gasteiger partial charge in [-0.05, 0) is 31.2 Å². The fourth-order valence-electron chi connectivity index (χ4n) is 1.43. The summed E-state index contributed by atoms with van der Waals surface area (Å²) in [6.07, 6.45) is 5.24. The Balaban J connectivity index is 1.95. The highest BCUT2D eigenvalue weighted by Crippen LogP contribution is 2.15. The highest BCUT2D eigenvalue weighted by Gasteiger charge is 2.12. The van der Waals surface area contributed by atoms with Crippen LogP contribution in [-0.4, -0.2) is 12.9 Å². The topological polar surface area (TPSA) is 18.5 Å². The predicted octanol–water partition coefficient (Wildman–Crippen LogP) is 2.87. The molecule has 1 aromatic carbocycles. The van der Waals surface area contributed by atoms with Crippen LogP contribution in [0, 0.1) is 11.8 Å². The lowest BCUT2D eigenvalue weighted by Crippen LogP contribution is -2.08. The van der Waals surface area contributed by atoms with Crippen LogP contribution in [0.1, 0.15) is 12.5 Å². The molecule has 0 fully saturated rings. The molecule has 1 unspecified atom stereocenters. The van der Waals surface area contributed by atoms with Gasteiger partial charge in [-0.15, -0.1) is 0 Å². The first-order valence-corrected chi connectivity index (χ1v) is 5.61. The third-order valence-electron chi connectivity index (χ3n) is 2.21. The van der Waals surface area contributed by atoms with Crippen LogP contribution in [0.2, 0.25) is 0 Å². The van der Waals surface area contributed by atoms with E-state index >= 15 is 0 Å². The maximum atomic E-state index is 5.47. The molecule has 17 heavy (non-hydrogen) atoms. The van der Waals surface area contributed by atoms with E-state index in [0.717, 1.165) is 11.3 Å². The van der Waals surface area contributed by atoms with Crippen LogP contribution < -0.4 is 0 Å². The number of ether oxygens (including phenoxy) is 2. The monoisotopic (exact) mass is 226 g/mol. The molecule has 0 aliphatic carbocycles. The van der Waals surface area contributed by atoms with Gasteiger partial charge in [0.2, 0.25) is 6.29 Å². The zero-order chi connectivity index (χ0) is 11.9. The lowest BCUT2D eigenvalue weighted by molar-refractivity contribution is -0.0660. The Morgan fingerprint density at radius 3 is 2.94 bits per heavy atom. The molecular weight excluding hydrogens is 212 g/mol. The molecule has 2 heteroatoms. The Kier molecular flexibility index (Phi) is 4.01. The van der Waals surface area contributed by atoms with Crippen molar-refractivity contribution in [2.45, 2.75) is 13.2 Å². The average molecular weight is 226 g/mol. The molecule has 1 atom stereocenters. The number of rotatable bonds is 2. The molecule has 1 aromatic rings. The molecule has 2 rings (SSSR count). The fourth-order valence-corrected chi connectivity index (χ4v) is 1.43. The van der Waals surface area contributed by atoms with Gasteiger partial charge in [0.25, 0.3) is 0 Å². The fraction of sp³-hybridized carbons (Fsp3) is 0.200. The first kappa shape index (κ1) is 11.5. The summed E-state index contributed by atoms with van der Waals surface area (Å²) in [7, 11) is 0. The standard InChI is InChI=1S/C15H14O2/c1-2-16-15-12-11-14(17-15)10-6-9-13-7-4-3-5-8-13/h3-5,7-8,10-12,15H,2H2,1H3. The van der Waals surface area contributed by atoms with Crippen molar-refractivity contribution in [1.82, 2.24) is 0 Å². The summed E-state index contributed by atoms with van der Waals surface area (Å²) in [6, 6.07) is 9.85. The molecule has 0 aromatic heterocycles. The number of hydrogen-bond acceptors (Lipinski definition) is 2. The number of benzene rings is 1. The summed E-state index contributed by atoms with van der Waals surface area (Å²) in [5.41, 5.74) is 0.993.